The Morgan fingerprint density at radius 1 is 1.33 bits per heavy atom. The van der Waals surface area contributed by atoms with Crippen molar-refractivity contribution in [2.24, 2.45) is 5.92 Å². The summed E-state index contributed by atoms with van der Waals surface area (Å²) in [5.41, 5.74) is 0. The van der Waals surface area contributed by atoms with E-state index in [9.17, 15) is 14.0 Å². The number of nitrogens with one attached hydrogen (secondary N) is 1. The van der Waals surface area contributed by atoms with Crippen LogP contribution in [-0.4, -0.2) is 43.0 Å². The molecule has 1 aromatic rings. The molecule has 5 nitrogen and oxygen atoms in total. The monoisotopic (exact) mass is 336 g/mol. The summed E-state index contributed by atoms with van der Waals surface area (Å²) in [7, 11) is 1.71. The first-order valence-electron chi connectivity index (χ1n) is 8.41. The average molecular weight is 336 g/mol. The second-order valence-electron chi connectivity index (χ2n) is 6.27. The van der Waals surface area contributed by atoms with Crippen LogP contribution in [0.25, 0.3) is 0 Å². The standard InChI is InChI=1S/C18H25FN2O3/c1-13(20-17(22)14-5-3-6-14)18(23)21(2)11-4-12-24-16-9-7-15(19)8-10-16/h7-10,13-14H,3-6,11-12H2,1-2H3,(H,20,22)/t13-/m1/s1. The van der Waals surface area contributed by atoms with Crippen molar-refractivity contribution in [3.63, 3.8) is 0 Å². The average Bonchev–Trinajstić information content (AvgIpc) is 2.50. The van der Waals surface area contributed by atoms with Crippen LogP contribution < -0.4 is 10.1 Å². The molecule has 1 fully saturated rings. The van der Waals surface area contributed by atoms with Crippen molar-refractivity contribution >= 4 is 11.8 Å². The van der Waals surface area contributed by atoms with Gasteiger partial charge in [-0.25, -0.2) is 4.39 Å². The number of likely N-dealkylation sites (N-methyl/N-ethyl adjacent to an activating group) is 1. The van der Waals surface area contributed by atoms with E-state index < -0.39 is 6.04 Å². The number of rotatable bonds is 8. The SMILES string of the molecule is C[C@@H](NC(=O)C1CCC1)C(=O)N(C)CCCOc1ccc(F)cc1. The van der Waals surface area contributed by atoms with Crippen LogP contribution in [0.15, 0.2) is 24.3 Å². The van der Waals surface area contributed by atoms with Crippen LogP contribution in [0.4, 0.5) is 4.39 Å². The van der Waals surface area contributed by atoms with E-state index in [1.165, 1.54) is 12.1 Å². The minimum absolute atomic E-state index is 0.0184. The molecule has 2 amide bonds. The third-order valence-corrected chi connectivity index (χ3v) is 4.30. The first-order valence-corrected chi connectivity index (χ1v) is 8.41. The predicted molar refractivity (Wildman–Crippen MR) is 89.1 cm³/mol. The molecule has 0 bridgehead atoms. The summed E-state index contributed by atoms with van der Waals surface area (Å²) in [6.07, 6.45) is 3.59. The van der Waals surface area contributed by atoms with E-state index in [0.29, 0.717) is 25.3 Å². The van der Waals surface area contributed by atoms with Crippen LogP contribution in [0.3, 0.4) is 0 Å². The molecule has 0 radical (unpaired) electrons. The van der Waals surface area contributed by atoms with Gasteiger partial charge in [0.25, 0.3) is 0 Å². The topological polar surface area (TPSA) is 58.6 Å². The molecule has 1 aromatic carbocycles. The summed E-state index contributed by atoms with van der Waals surface area (Å²) in [6, 6.07) is 5.32. The minimum Gasteiger partial charge on any atom is -0.494 e. The van der Waals surface area contributed by atoms with Crippen molar-refractivity contribution in [2.75, 3.05) is 20.2 Å². The Morgan fingerprint density at radius 3 is 2.58 bits per heavy atom. The van der Waals surface area contributed by atoms with E-state index in [-0.39, 0.29) is 23.5 Å². The summed E-state index contributed by atoms with van der Waals surface area (Å²) in [4.78, 5) is 25.7. The fourth-order valence-corrected chi connectivity index (χ4v) is 2.53. The Hall–Kier alpha value is -2.11. The molecular weight excluding hydrogens is 311 g/mol. The molecule has 1 saturated carbocycles. The van der Waals surface area contributed by atoms with Crippen LogP contribution in [0.2, 0.25) is 0 Å². The Balaban J connectivity index is 1.65. The highest BCUT2D eigenvalue weighted by atomic mass is 19.1. The molecule has 1 N–H and O–H groups in total. The van der Waals surface area contributed by atoms with Crippen molar-refractivity contribution in [3.05, 3.63) is 30.1 Å². The van der Waals surface area contributed by atoms with Gasteiger partial charge in [0.1, 0.15) is 17.6 Å². The lowest BCUT2D eigenvalue weighted by Crippen LogP contribution is -2.48. The summed E-state index contributed by atoms with van der Waals surface area (Å²) in [5.74, 6) is 0.256. The van der Waals surface area contributed by atoms with Gasteiger partial charge in [-0.05, 0) is 50.5 Å². The van der Waals surface area contributed by atoms with Gasteiger partial charge in [-0.3, -0.25) is 9.59 Å². The van der Waals surface area contributed by atoms with E-state index in [1.807, 2.05) is 0 Å². The van der Waals surface area contributed by atoms with Gasteiger partial charge in [-0.2, -0.15) is 0 Å². The highest BCUT2D eigenvalue weighted by Gasteiger charge is 2.28. The van der Waals surface area contributed by atoms with Crippen LogP contribution in [-0.2, 0) is 9.59 Å². The van der Waals surface area contributed by atoms with Gasteiger partial charge in [0.2, 0.25) is 11.8 Å². The van der Waals surface area contributed by atoms with Gasteiger partial charge in [0.05, 0.1) is 6.61 Å². The maximum absolute atomic E-state index is 12.8. The molecule has 1 aliphatic rings. The van der Waals surface area contributed by atoms with Crippen molar-refractivity contribution in [1.29, 1.82) is 0 Å². The Morgan fingerprint density at radius 2 is 2.00 bits per heavy atom. The highest BCUT2D eigenvalue weighted by molar-refractivity contribution is 5.88. The maximum Gasteiger partial charge on any atom is 0.244 e. The van der Waals surface area contributed by atoms with Crippen molar-refractivity contribution < 1.29 is 18.7 Å². The zero-order valence-electron chi connectivity index (χ0n) is 14.3. The molecule has 0 heterocycles. The fraction of sp³-hybridized carbons (Fsp3) is 0.556. The minimum atomic E-state index is -0.513. The fourth-order valence-electron chi connectivity index (χ4n) is 2.53. The molecule has 1 aliphatic carbocycles. The van der Waals surface area contributed by atoms with Crippen LogP contribution in [0.5, 0.6) is 5.75 Å². The van der Waals surface area contributed by atoms with E-state index in [1.54, 1.807) is 31.0 Å². The second kappa shape index (κ2) is 8.66. The number of ether oxygens (including phenoxy) is 1. The van der Waals surface area contributed by atoms with E-state index in [4.69, 9.17) is 4.74 Å². The number of nitrogens with zero attached hydrogens (tertiary/aromatic N) is 1. The number of halogens is 1. The van der Waals surface area contributed by atoms with Gasteiger partial charge in [-0.15, -0.1) is 0 Å². The molecule has 1 atom stereocenters. The third-order valence-electron chi connectivity index (χ3n) is 4.30. The molecule has 2 rings (SSSR count). The van der Waals surface area contributed by atoms with E-state index in [0.717, 1.165) is 19.3 Å². The summed E-state index contributed by atoms with van der Waals surface area (Å²) >= 11 is 0. The molecule has 24 heavy (non-hydrogen) atoms. The number of carbonyl (C=O) groups is 2. The van der Waals surface area contributed by atoms with Gasteiger partial charge in [0.15, 0.2) is 0 Å². The van der Waals surface area contributed by atoms with Gasteiger partial charge < -0.3 is 15.0 Å². The normalized spacial score (nSPS) is 15.3. The molecule has 0 aromatic heterocycles. The molecular formula is C18H25FN2O3. The number of hydrogen-bond acceptors (Lipinski definition) is 3. The lowest BCUT2D eigenvalue weighted by molar-refractivity contribution is -0.137. The second-order valence-corrected chi connectivity index (χ2v) is 6.27. The molecule has 0 unspecified atom stereocenters. The number of benzene rings is 1. The zero-order valence-corrected chi connectivity index (χ0v) is 14.3. The first kappa shape index (κ1) is 18.2. The van der Waals surface area contributed by atoms with Gasteiger partial charge in [0, 0.05) is 19.5 Å². The third kappa shape index (κ3) is 5.22. The summed E-state index contributed by atoms with van der Waals surface area (Å²) < 4.78 is 18.3. The maximum atomic E-state index is 12.8. The van der Waals surface area contributed by atoms with Crippen LogP contribution >= 0.6 is 0 Å². The van der Waals surface area contributed by atoms with Crippen molar-refractivity contribution in [3.8, 4) is 5.75 Å². The summed E-state index contributed by atoms with van der Waals surface area (Å²) in [6.45, 7) is 2.68. The van der Waals surface area contributed by atoms with Crippen LogP contribution in [0.1, 0.15) is 32.6 Å². The van der Waals surface area contributed by atoms with Crippen LogP contribution in [0, 0.1) is 11.7 Å². The van der Waals surface area contributed by atoms with Gasteiger partial charge in [-0.1, -0.05) is 6.42 Å². The Labute approximate surface area is 142 Å². The summed E-state index contributed by atoms with van der Waals surface area (Å²) in [5, 5.41) is 2.79. The zero-order chi connectivity index (χ0) is 17.5. The number of hydrogen-bond donors (Lipinski definition) is 1. The predicted octanol–water partition coefficient (Wildman–Crippen LogP) is 2.36. The smallest absolute Gasteiger partial charge is 0.244 e. The Kier molecular flexibility index (Phi) is 6.58. The van der Waals surface area contributed by atoms with Crippen molar-refractivity contribution in [2.45, 2.75) is 38.6 Å². The lowest BCUT2D eigenvalue weighted by atomic mass is 9.84. The Bertz CT molecular complexity index is 558. The molecule has 0 spiro atoms. The van der Waals surface area contributed by atoms with Gasteiger partial charge >= 0.3 is 0 Å². The first-order chi connectivity index (χ1) is 11.5. The van der Waals surface area contributed by atoms with E-state index >= 15 is 0 Å². The number of amides is 2. The molecule has 6 heteroatoms. The van der Waals surface area contributed by atoms with Crippen molar-refractivity contribution in [1.82, 2.24) is 10.2 Å². The largest absolute Gasteiger partial charge is 0.494 e. The quantitative estimate of drug-likeness (QED) is 0.742. The lowest BCUT2D eigenvalue weighted by Gasteiger charge is -2.27. The van der Waals surface area contributed by atoms with E-state index in [2.05, 4.69) is 5.32 Å². The number of carbonyl (C=O) groups excluding carboxylic acids is 2. The molecule has 0 aliphatic heterocycles. The molecule has 132 valence electrons. The highest BCUT2D eigenvalue weighted by Crippen LogP contribution is 2.26. The molecule has 0 saturated heterocycles.